The molecule has 0 aliphatic heterocycles. The quantitative estimate of drug-likeness (QED) is 0.559. The second-order valence-electron chi connectivity index (χ2n) is 7.99. The van der Waals surface area contributed by atoms with Gasteiger partial charge in [-0.2, -0.15) is 0 Å². The van der Waals surface area contributed by atoms with E-state index in [-0.39, 0.29) is 15.9 Å². The number of pyridine rings is 1. The van der Waals surface area contributed by atoms with Gasteiger partial charge in [-0.05, 0) is 45.0 Å². The van der Waals surface area contributed by atoms with Crippen molar-refractivity contribution in [2.45, 2.75) is 36.6 Å². The monoisotopic (exact) mass is 462 g/mol. The Morgan fingerprint density at radius 3 is 1.48 bits per heavy atom. The van der Waals surface area contributed by atoms with Crippen molar-refractivity contribution in [1.82, 2.24) is 24.9 Å². The van der Waals surface area contributed by atoms with E-state index >= 15 is 0 Å². The van der Waals surface area contributed by atoms with Crippen molar-refractivity contribution in [2.24, 2.45) is 0 Å². The molecule has 12 heteroatoms. The van der Waals surface area contributed by atoms with Gasteiger partial charge in [-0.3, -0.25) is 0 Å². The number of hydrogen-bond donors (Lipinski definition) is 1. The summed E-state index contributed by atoms with van der Waals surface area (Å²) >= 11 is 0. The van der Waals surface area contributed by atoms with Crippen LogP contribution in [0.1, 0.15) is 20.8 Å². The lowest BCUT2D eigenvalue weighted by Crippen LogP contribution is -2.26. The molecular weight excluding hydrogens is 440 g/mol. The zero-order valence-corrected chi connectivity index (χ0v) is 19.3. The molecule has 0 bridgehead atoms. The van der Waals surface area contributed by atoms with Crippen LogP contribution in [0.4, 0.5) is 5.69 Å². The highest BCUT2D eigenvalue weighted by molar-refractivity contribution is 7.90. The van der Waals surface area contributed by atoms with Crippen molar-refractivity contribution >= 4 is 25.4 Å². The van der Waals surface area contributed by atoms with Crippen molar-refractivity contribution in [3.05, 3.63) is 36.7 Å². The third-order valence-corrected chi connectivity index (χ3v) is 5.52. The van der Waals surface area contributed by atoms with Crippen LogP contribution in [-0.4, -0.2) is 59.8 Å². The van der Waals surface area contributed by atoms with Crippen LogP contribution in [0.3, 0.4) is 0 Å². The van der Waals surface area contributed by atoms with Crippen molar-refractivity contribution in [1.29, 1.82) is 0 Å². The molecule has 0 amide bonds. The fourth-order valence-electron chi connectivity index (χ4n) is 2.62. The summed E-state index contributed by atoms with van der Waals surface area (Å²) in [5, 5.41) is 2.70. The van der Waals surface area contributed by atoms with Crippen LogP contribution < -0.4 is 5.32 Å². The lowest BCUT2D eigenvalue weighted by Gasteiger charge is -2.23. The van der Waals surface area contributed by atoms with Gasteiger partial charge in [-0.1, -0.05) is 0 Å². The van der Waals surface area contributed by atoms with Crippen molar-refractivity contribution in [3.8, 4) is 22.8 Å². The first-order valence-corrected chi connectivity index (χ1v) is 12.9. The van der Waals surface area contributed by atoms with Gasteiger partial charge in [0.25, 0.3) is 0 Å². The average molecular weight is 463 g/mol. The Bertz CT molecular complexity index is 1260. The van der Waals surface area contributed by atoms with E-state index in [1.165, 1.54) is 12.4 Å². The zero-order valence-electron chi connectivity index (χ0n) is 17.6. The van der Waals surface area contributed by atoms with E-state index in [9.17, 15) is 16.8 Å². The summed E-state index contributed by atoms with van der Waals surface area (Å²) in [4.78, 5) is 20.4. The van der Waals surface area contributed by atoms with Gasteiger partial charge in [0.15, 0.2) is 0 Å². The maximum Gasteiger partial charge on any atom is 0.247 e. The minimum atomic E-state index is -3.61. The smallest absolute Gasteiger partial charge is 0.247 e. The number of hydrogen-bond acceptors (Lipinski definition) is 10. The van der Waals surface area contributed by atoms with Gasteiger partial charge in [0.05, 0.1) is 22.8 Å². The average Bonchev–Trinajstić information content (AvgIpc) is 2.65. The molecule has 0 atom stereocenters. The lowest BCUT2D eigenvalue weighted by atomic mass is 10.1. The Morgan fingerprint density at radius 1 is 0.710 bits per heavy atom. The molecule has 3 heterocycles. The molecule has 0 aliphatic rings. The Balaban J connectivity index is 2.21. The first-order valence-electron chi connectivity index (χ1n) is 9.10. The van der Waals surface area contributed by atoms with Crippen molar-refractivity contribution in [3.63, 3.8) is 0 Å². The van der Waals surface area contributed by atoms with Gasteiger partial charge < -0.3 is 5.32 Å². The molecule has 3 rings (SSSR count). The highest BCUT2D eigenvalue weighted by atomic mass is 32.2. The molecule has 0 aliphatic carbocycles. The Hall–Kier alpha value is -2.99. The van der Waals surface area contributed by atoms with Gasteiger partial charge in [0, 0.05) is 36.1 Å². The first-order chi connectivity index (χ1) is 14.2. The molecule has 0 aromatic carbocycles. The van der Waals surface area contributed by atoms with Gasteiger partial charge in [-0.15, -0.1) is 0 Å². The Labute approximate surface area is 181 Å². The fourth-order valence-corrected chi connectivity index (χ4v) is 3.66. The maximum absolute atomic E-state index is 11.9. The summed E-state index contributed by atoms with van der Waals surface area (Å²) in [6, 6.07) is 6.54. The number of rotatable bonds is 5. The van der Waals surface area contributed by atoms with Gasteiger partial charge in [-0.25, -0.2) is 41.8 Å². The molecule has 0 saturated carbocycles. The standard InChI is InChI=1S/C19H22N6O4S2/c1-19(2,3)25-12-10-15(13-6-8-20-17(23-13)30(4,26)27)22-16(11-12)14-7-9-21-18(24-14)31(5,28)29/h6-11H,1-5H3,(H,22,25). The fraction of sp³-hybridized carbons (Fsp3) is 0.316. The van der Waals surface area contributed by atoms with Crippen LogP contribution >= 0.6 is 0 Å². The summed E-state index contributed by atoms with van der Waals surface area (Å²) in [5.41, 5.74) is 1.72. The summed E-state index contributed by atoms with van der Waals surface area (Å²) in [7, 11) is -7.22. The van der Waals surface area contributed by atoms with Crippen LogP contribution in [0, 0.1) is 0 Å². The first kappa shape index (κ1) is 22.7. The summed E-state index contributed by atoms with van der Waals surface area (Å²) in [6.07, 6.45) is 4.74. The summed E-state index contributed by atoms with van der Waals surface area (Å²) in [5.74, 6) is 0. The number of sulfone groups is 2. The third-order valence-electron chi connectivity index (χ3n) is 3.80. The largest absolute Gasteiger partial charge is 0.380 e. The molecule has 31 heavy (non-hydrogen) atoms. The minimum absolute atomic E-state index is 0.289. The number of nitrogens with one attached hydrogen (secondary N) is 1. The van der Waals surface area contributed by atoms with E-state index in [0.717, 1.165) is 12.5 Å². The van der Waals surface area contributed by atoms with E-state index < -0.39 is 19.7 Å². The lowest BCUT2D eigenvalue weighted by molar-refractivity contribution is 0.591. The molecule has 164 valence electrons. The summed E-state index contributed by atoms with van der Waals surface area (Å²) in [6.45, 7) is 5.93. The van der Waals surface area contributed by atoms with Crippen LogP contribution in [0.5, 0.6) is 0 Å². The molecule has 1 N–H and O–H groups in total. The molecule has 0 radical (unpaired) electrons. The predicted octanol–water partition coefficient (Wildman–Crippen LogP) is 2.01. The Morgan fingerprint density at radius 2 is 1.13 bits per heavy atom. The van der Waals surface area contributed by atoms with E-state index in [2.05, 4.69) is 30.2 Å². The number of anilines is 1. The molecular formula is C19H22N6O4S2. The van der Waals surface area contributed by atoms with Crippen molar-refractivity contribution in [2.75, 3.05) is 17.8 Å². The van der Waals surface area contributed by atoms with E-state index in [4.69, 9.17) is 0 Å². The van der Waals surface area contributed by atoms with Gasteiger partial charge in [0.1, 0.15) is 0 Å². The molecule has 3 aromatic rings. The predicted molar refractivity (Wildman–Crippen MR) is 116 cm³/mol. The molecule has 3 aromatic heterocycles. The van der Waals surface area contributed by atoms with E-state index in [0.29, 0.717) is 28.5 Å². The SMILES string of the molecule is CC(C)(C)Nc1cc(-c2ccnc(S(C)(=O)=O)n2)nc(-c2ccnc(S(C)(=O)=O)n2)c1. The Kier molecular flexibility index (Phi) is 5.80. The van der Waals surface area contributed by atoms with Crippen LogP contribution in [0.25, 0.3) is 22.8 Å². The highest BCUT2D eigenvalue weighted by Gasteiger charge is 2.18. The van der Waals surface area contributed by atoms with Crippen LogP contribution in [0.2, 0.25) is 0 Å². The number of aromatic nitrogens is 5. The normalized spacial score (nSPS) is 12.5. The molecule has 10 nitrogen and oxygen atoms in total. The highest BCUT2D eigenvalue weighted by Crippen LogP contribution is 2.27. The second-order valence-corrected chi connectivity index (χ2v) is 11.8. The second kappa shape index (κ2) is 7.93. The molecule has 0 saturated heterocycles. The maximum atomic E-state index is 11.9. The number of nitrogens with zero attached hydrogens (tertiary/aromatic N) is 5. The van der Waals surface area contributed by atoms with Gasteiger partial charge in [0.2, 0.25) is 30.0 Å². The van der Waals surface area contributed by atoms with Gasteiger partial charge >= 0.3 is 0 Å². The molecule has 0 fully saturated rings. The van der Waals surface area contributed by atoms with Crippen LogP contribution in [0.15, 0.2) is 47.0 Å². The van der Waals surface area contributed by atoms with E-state index in [1.54, 1.807) is 24.3 Å². The van der Waals surface area contributed by atoms with E-state index in [1.807, 2.05) is 20.8 Å². The topological polar surface area (TPSA) is 145 Å². The summed E-state index contributed by atoms with van der Waals surface area (Å²) < 4.78 is 47.4. The third kappa shape index (κ3) is 5.79. The minimum Gasteiger partial charge on any atom is -0.380 e. The molecule has 0 unspecified atom stereocenters. The van der Waals surface area contributed by atoms with Crippen LogP contribution in [-0.2, 0) is 19.7 Å². The molecule has 0 spiro atoms. The zero-order chi connectivity index (χ0) is 23.0. The van der Waals surface area contributed by atoms with Crippen molar-refractivity contribution < 1.29 is 16.8 Å².